The van der Waals surface area contributed by atoms with Crippen LogP contribution in [0.5, 0.6) is 0 Å². The van der Waals surface area contributed by atoms with E-state index >= 15 is 0 Å². The van der Waals surface area contributed by atoms with Gasteiger partial charge in [-0.1, -0.05) is 179 Å². The van der Waals surface area contributed by atoms with Crippen LogP contribution in [-0.2, 0) is 41.8 Å². The Morgan fingerprint density at radius 2 is 1.03 bits per heavy atom. The number of aliphatic hydroxyl groups is 2. The molecule has 14 nitrogen and oxygen atoms in total. The lowest BCUT2D eigenvalue weighted by molar-refractivity contribution is -0.161. The summed E-state index contributed by atoms with van der Waals surface area (Å²) in [6, 6.07) is 0. The summed E-state index contributed by atoms with van der Waals surface area (Å²) in [6.45, 7) is 3.87. The van der Waals surface area contributed by atoms with E-state index in [1.54, 1.807) is 6.08 Å². The number of esters is 2. The molecule has 61 heavy (non-hydrogen) atoms. The zero-order valence-electron chi connectivity index (χ0n) is 37.8. The minimum atomic E-state index is -4.88. The van der Waals surface area contributed by atoms with Gasteiger partial charge in [0, 0.05) is 12.8 Å². The molecule has 0 bridgehead atoms. The van der Waals surface area contributed by atoms with Gasteiger partial charge in [0.1, 0.15) is 12.7 Å². The minimum Gasteiger partial charge on any atom is -0.462 e. The fourth-order valence-electron chi connectivity index (χ4n) is 6.31. The Hall–Kier alpha value is -1.70. The SMILES string of the molecule is CC/C=C/C/C=C/C=C/C(O)CCCCCCCC(=O)O[C@H](COC(=O)CCCCCCCCCCCCCCCCCC(C)C)COP(=O)(O)OC[C@@H](O)COP(=O)(O)O. The van der Waals surface area contributed by atoms with Crippen molar-refractivity contribution in [1.82, 2.24) is 0 Å². The maximum atomic E-state index is 12.7. The van der Waals surface area contributed by atoms with Crippen molar-refractivity contribution in [2.45, 2.75) is 206 Å². The molecule has 0 saturated carbocycles. The fourth-order valence-corrected chi connectivity index (χ4v) is 7.46. The first kappa shape index (κ1) is 59.3. The van der Waals surface area contributed by atoms with Crippen LogP contribution in [0.3, 0.4) is 0 Å². The Morgan fingerprint density at radius 1 is 0.557 bits per heavy atom. The summed E-state index contributed by atoms with van der Waals surface area (Å²) in [6.07, 6.45) is 34.4. The van der Waals surface area contributed by atoms with Gasteiger partial charge in [0.15, 0.2) is 6.10 Å². The molecule has 358 valence electrons. The van der Waals surface area contributed by atoms with Gasteiger partial charge < -0.3 is 34.4 Å². The third kappa shape index (κ3) is 44.7. The van der Waals surface area contributed by atoms with Crippen molar-refractivity contribution in [3.8, 4) is 0 Å². The van der Waals surface area contributed by atoms with Crippen LogP contribution >= 0.6 is 15.6 Å². The lowest BCUT2D eigenvalue weighted by Crippen LogP contribution is -2.30. The van der Waals surface area contributed by atoms with Gasteiger partial charge in [-0.2, -0.15) is 0 Å². The Bertz CT molecular complexity index is 1250. The van der Waals surface area contributed by atoms with Crippen LogP contribution in [0, 0.1) is 5.92 Å². The van der Waals surface area contributed by atoms with Crippen molar-refractivity contribution in [3.63, 3.8) is 0 Å². The maximum Gasteiger partial charge on any atom is 0.472 e. The summed E-state index contributed by atoms with van der Waals surface area (Å²) >= 11 is 0. The smallest absolute Gasteiger partial charge is 0.462 e. The largest absolute Gasteiger partial charge is 0.472 e. The molecule has 0 aromatic heterocycles. The summed E-state index contributed by atoms with van der Waals surface area (Å²) in [4.78, 5) is 52.8. The standard InChI is InChI=1S/C45H84O14P2/c1-4-5-6-7-17-22-27-32-41(46)33-28-23-20-25-30-35-45(49)59-43(39-58-61(53,54)57-37-42(47)36-56-60(50,51)52)38-55-44(48)34-29-24-19-16-14-12-10-8-9-11-13-15-18-21-26-31-40(2)3/h5-6,17,22,27,32,40-43,46-47H,4,7-16,18-21,23-26,28-31,33-39H2,1-3H3,(H,53,54)(H2,50,51,52)/b6-5+,22-17+,32-27+/t41?,42-,43+/m0/s1. The Balaban J connectivity index is 4.52. The number of aliphatic hydroxyl groups excluding tert-OH is 2. The molecule has 0 radical (unpaired) electrons. The molecular formula is C45H84O14P2. The second-order valence-corrected chi connectivity index (χ2v) is 19.0. The first-order chi connectivity index (χ1) is 29.1. The van der Waals surface area contributed by atoms with E-state index in [1.165, 1.54) is 77.0 Å². The lowest BCUT2D eigenvalue weighted by atomic mass is 10.0. The summed E-state index contributed by atoms with van der Waals surface area (Å²) in [7, 11) is -9.71. The van der Waals surface area contributed by atoms with E-state index in [0.29, 0.717) is 19.3 Å². The Labute approximate surface area is 368 Å². The first-order valence-electron chi connectivity index (χ1n) is 23.1. The zero-order chi connectivity index (χ0) is 45.5. The molecule has 4 atom stereocenters. The van der Waals surface area contributed by atoms with Gasteiger partial charge in [-0.05, 0) is 38.0 Å². The van der Waals surface area contributed by atoms with E-state index in [0.717, 1.165) is 63.7 Å². The third-order valence-corrected chi connectivity index (χ3v) is 11.3. The van der Waals surface area contributed by atoms with Crippen molar-refractivity contribution in [2.24, 2.45) is 5.92 Å². The van der Waals surface area contributed by atoms with Gasteiger partial charge >= 0.3 is 27.6 Å². The van der Waals surface area contributed by atoms with E-state index in [4.69, 9.17) is 23.8 Å². The molecular weight excluding hydrogens is 826 g/mol. The van der Waals surface area contributed by atoms with Crippen LogP contribution in [0.2, 0.25) is 0 Å². The summed E-state index contributed by atoms with van der Waals surface area (Å²) < 4.78 is 47.8. The van der Waals surface area contributed by atoms with Crippen LogP contribution in [0.15, 0.2) is 36.5 Å². The van der Waals surface area contributed by atoms with Crippen LogP contribution in [0.4, 0.5) is 0 Å². The summed E-state index contributed by atoms with van der Waals surface area (Å²) in [5.41, 5.74) is 0. The zero-order valence-corrected chi connectivity index (χ0v) is 39.6. The van der Waals surface area contributed by atoms with Gasteiger partial charge in [-0.15, -0.1) is 0 Å². The first-order valence-corrected chi connectivity index (χ1v) is 26.2. The van der Waals surface area contributed by atoms with Crippen molar-refractivity contribution < 1.29 is 66.7 Å². The number of hydrogen-bond acceptors (Lipinski definition) is 11. The molecule has 0 aromatic rings. The third-order valence-electron chi connectivity index (χ3n) is 9.82. The van der Waals surface area contributed by atoms with Crippen LogP contribution in [-0.4, -0.2) is 81.6 Å². The molecule has 0 fully saturated rings. The maximum absolute atomic E-state index is 12.7. The predicted octanol–water partition coefficient (Wildman–Crippen LogP) is 10.9. The molecule has 0 spiro atoms. The minimum absolute atomic E-state index is 0.0629. The van der Waals surface area contributed by atoms with Crippen molar-refractivity contribution in [3.05, 3.63) is 36.5 Å². The second kappa shape index (κ2) is 39.9. The number of carbonyl (C=O) groups excluding carboxylic acids is 2. The van der Waals surface area contributed by atoms with E-state index in [2.05, 4.69) is 42.0 Å². The van der Waals surface area contributed by atoms with Crippen LogP contribution < -0.4 is 0 Å². The molecule has 0 aliphatic rings. The monoisotopic (exact) mass is 911 g/mol. The van der Waals surface area contributed by atoms with Gasteiger partial charge in [0.25, 0.3) is 0 Å². The average molecular weight is 911 g/mol. The van der Waals surface area contributed by atoms with Crippen LogP contribution in [0.1, 0.15) is 188 Å². The number of rotatable bonds is 43. The number of allylic oxidation sites excluding steroid dienone is 5. The molecule has 16 heteroatoms. The van der Waals surface area contributed by atoms with Crippen molar-refractivity contribution >= 4 is 27.6 Å². The van der Waals surface area contributed by atoms with Gasteiger partial charge in [0.2, 0.25) is 0 Å². The van der Waals surface area contributed by atoms with E-state index in [9.17, 15) is 33.8 Å². The number of phosphoric acid groups is 2. The molecule has 0 aliphatic heterocycles. The molecule has 0 amide bonds. The molecule has 0 rings (SSSR count). The summed E-state index contributed by atoms with van der Waals surface area (Å²) in [5, 5.41) is 19.9. The highest BCUT2D eigenvalue weighted by Gasteiger charge is 2.28. The van der Waals surface area contributed by atoms with Crippen molar-refractivity contribution in [2.75, 3.05) is 26.4 Å². The molecule has 5 N–H and O–H groups in total. The van der Waals surface area contributed by atoms with Gasteiger partial charge in [-0.3, -0.25) is 23.2 Å². The topological polar surface area (TPSA) is 216 Å². The lowest BCUT2D eigenvalue weighted by Gasteiger charge is -2.20. The molecule has 0 aromatic carbocycles. The Morgan fingerprint density at radius 3 is 1.56 bits per heavy atom. The number of phosphoric ester groups is 2. The van der Waals surface area contributed by atoms with Gasteiger partial charge in [0.05, 0.1) is 25.9 Å². The second-order valence-electron chi connectivity index (χ2n) is 16.3. The quantitative estimate of drug-likeness (QED) is 0.0127. The molecule has 0 aliphatic carbocycles. The predicted molar refractivity (Wildman–Crippen MR) is 241 cm³/mol. The number of hydrogen-bond donors (Lipinski definition) is 5. The van der Waals surface area contributed by atoms with Gasteiger partial charge in [-0.25, -0.2) is 9.13 Å². The highest BCUT2D eigenvalue weighted by atomic mass is 31.2. The molecule has 0 heterocycles. The average Bonchev–Trinajstić information content (AvgIpc) is 3.20. The van der Waals surface area contributed by atoms with Crippen LogP contribution in [0.25, 0.3) is 0 Å². The fraction of sp³-hybridized carbons (Fsp3) is 0.822. The highest BCUT2D eigenvalue weighted by Crippen LogP contribution is 2.43. The number of carbonyl (C=O) groups is 2. The summed E-state index contributed by atoms with van der Waals surface area (Å²) in [5.74, 6) is -0.289. The Kier molecular flexibility index (Phi) is 38.7. The number of unbranched alkanes of at least 4 members (excludes halogenated alkanes) is 18. The number of ether oxygens (including phenoxy) is 2. The van der Waals surface area contributed by atoms with E-state index in [1.807, 2.05) is 18.2 Å². The van der Waals surface area contributed by atoms with E-state index < -0.39 is 72.3 Å². The normalized spacial score (nSPS) is 14.9. The molecule has 0 saturated heterocycles. The highest BCUT2D eigenvalue weighted by molar-refractivity contribution is 7.47. The molecule has 2 unspecified atom stereocenters. The van der Waals surface area contributed by atoms with Crippen molar-refractivity contribution in [1.29, 1.82) is 0 Å². The van der Waals surface area contributed by atoms with E-state index in [-0.39, 0.29) is 12.8 Å².